The second kappa shape index (κ2) is 7.29. The van der Waals surface area contributed by atoms with Crippen LogP contribution in [0.4, 0.5) is 4.79 Å². The quantitative estimate of drug-likeness (QED) is 0.869. The first-order valence-corrected chi connectivity index (χ1v) is 7.76. The molecule has 1 aromatic rings. The number of hydrogen-bond donors (Lipinski definition) is 1. The molecule has 1 aromatic carbocycles. The number of hydrogen-bond acceptors (Lipinski definition) is 3. The molecule has 22 heavy (non-hydrogen) atoms. The molecule has 0 spiro atoms. The van der Waals surface area contributed by atoms with Gasteiger partial charge in [-0.25, -0.2) is 9.59 Å². The minimum Gasteiger partial charge on any atom is -0.467 e. The van der Waals surface area contributed by atoms with Crippen LogP contribution in [0.3, 0.4) is 0 Å². The number of carbonyl (C=O) groups is 2. The number of fused-ring (bicyclic) bond motifs is 1. The van der Waals surface area contributed by atoms with Crippen molar-refractivity contribution in [2.45, 2.75) is 39.3 Å². The third-order valence-electron chi connectivity index (χ3n) is 4.36. The number of nitrogens with zero attached hydrogens (tertiary/aromatic N) is 1. The Kier molecular flexibility index (Phi) is 5.41. The van der Waals surface area contributed by atoms with Gasteiger partial charge in [-0.2, -0.15) is 0 Å². The van der Waals surface area contributed by atoms with E-state index in [9.17, 15) is 9.59 Å². The van der Waals surface area contributed by atoms with E-state index in [-0.39, 0.29) is 17.9 Å². The maximum absolute atomic E-state index is 12.5. The van der Waals surface area contributed by atoms with Crippen LogP contribution in [-0.2, 0) is 22.5 Å². The third kappa shape index (κ3) is 3.59. The van der Waals surface area contributed by atoms with E-state index in [0.717, 1.165) is 12.8 Å². The Morgan fingerprint density at radius 2 is 2.00 bits per heavy atom. The van der Waals surface area contributed by atoms with Crippen molar-refractivity contribution in [3.8, 4) is 0 Å². The van der Waals surface area contributed by atoms with Crippen molar-refractivity contribution in [1.82, 2.24) is 10.2 Å². The van der Waals surface area contributed by atoms with Gasteiger partial charge < -0.3 is 15.0 Å². The summed E-state index contributed by atoms with van der Waals surface area (Å²) in [6.45, 7) is 5.17. The first-order valence-electron chi connectivity index (χ1n) is 7.76. The van der Waals surface area contributed by atoms with E-state index >= 15 is 0 Å². The van der Waals surface area contributed by atoms with Crippen LogP contribution in [0, 0.1) is 5.92 Å². The smallest absolute Gasteiger partial charge is 0.328 e. The SMILES string of the molecule is CC[C@@H](C)[C@@H](NC(=O)N1CCc2ccccc2C1)C(=O)OC. The minimum atomic E-state index is -0.598. The average Bonchev–Trinajstić information content (AvgIpc) is 2.57. The predicted octanol–water partition coefficient (Wildman–Crippen LogP) is 2.34. The Morgan fingerprint density at radius 1 is 1.32 bits per heavy atom. The summed E-state index contributed by atoms with van der Waals surface area (Å²) in [5, 5.41) is 2.83. The highest BCUT2D eigenvalue weighted by atomic mass is 16.5. The van der Waals surface area contributed by atoms with Gasteiger partial charge in [-0.3, -0.25) is 0 Å². The van der Waals surface area contributed by atoms with Crippen LogP contribution in [0.5, 0.6) is 0 Å². The van der Waals surface area contributed by atoms with Crippen LogP contribution < -0.4 is 5.32 Å². The van der Waals surface area contributed by atoms with Crippen LogP contribution in [0.15, 0.2) is 24.3 Å². The van der Waals surface area contributed by atoms with E-state index in [2.05, 4.69) is 11.4 Å². The van der Waals surface area contributed by atoms with Crippen molar-refractivity contribution in [3.05, 3.63) is 35.4 Å². The molecule has 5 heteroatoms. The molecule has 1 aliphatic rings. The van der Waals surface area contributed by atoms with Gasteiger partial charge in [0, 0.05) is 13.1 Å². The van der Waals surface area contributed by atoms with Gasteiger partial charge in [0.25, 0.3) is 0 Å². The molecule has 1 heterocycles. The van der Waals surface area contributed by atoms with Crippen LogP contribution in [0.1, 0.15) is 31.4 Å². The summed E-state index contributed by atoms with van der Waals surface area (Å²) in [4.78, 5) is 26.1. The van der Waals surface area contributed by atoms with Crippen molar-refractivity contribution in [2.75, 3.05) is 13.7 Å². The lowest BCUT2D eigenvalue weighted by atomic mass is 9.98. The molecular weight excluding hydrogens is 280 g/mol. The summed E-state index contributed by atoms with van der Waals surface area (Å²) in [5.74, 6) is -0.353. The number of ether oxygens (including phenoxy) is 1. The molecule has 0 fully saturated rings. The predicted molar refractivity (Wildman–Crippen MR) is 84.3 cm³/mol. The number of esters is 1. The number of amides is 2. The van der Waals surface area contributed by atoms with Gasteiger partial charge in [0.15, 0.2) is 0 Å². The number of rotatable bonds is 4. The standard InChI is InChI=1S/C17H24N2O3/c1-4-12(2)15(16(20)22-3)18-17(21)19-10-9-13-7-5-6-8-14(13)11-19/h5-8,12,15H,4,9-11H2,1-3H3,(H,18,21)/t12-,15-/m1/s1. The molecule has 5 nitrogen and oxygen atoms in total. The van der Waals surface area contributed by atoms with Crippen molar-refractivity contribution < 1.29 is 14.3 Å². The normalized spacial score (nSPS) is 16.4. The van der Waals surface area contributed by atoms with Gasteiger partial charge in [-0.05, 0) is 23.5 Å². The summed E-state index contributed by atoms with van der Waals surface area (Å²) < 4.78 is 4.81. The highest BCUT2D eigenvalue weighted by Gasteiger charge is 2.29. The molecular formula is C17H24N2O3. The van der Waals surface area contributed by atoms with E-state index in [1.807, 2.05) is 32.0 Å². The summed E-state index contributed by atoms with van der Waals surface area (Å²) in [6.07, 6.45) is 1.64. The zero-order valence-electron chi connectivity index (χ0n) is 13.5. The summed E-state index contributed by atoms with van der Waals surface area (Å²) in [5.41, 5.74) is 2.46. The van der Waals surface area contributed by atoms with Crippen LogP contribution in [-0.4, -0.2) is 36.6 Å². The van der Waals surface area contributed by atoms with Gasteiger partial charge in [0.2, 0.25) is 0 Å². The molecule has 0 saturated carbocycles. The maximum atomic E-state index is 12.5. The Balaban J connectivity index is 2.04. The van der Waals surface area contributed by atoms with E-state index < -0.39 is 6.04 Å². The summed E-state index contributed by atoms with van der Waals surface area (Å²) >= 11 is 0. The number of benzene rings is 1. The maximum Gasteiger partial charge on any atom is 0.328 e. The fourth-order valence-electron chi connectivity index (χ4n) is 2.69. The van der Waals surface area contributed by atoms with Crippen LogP contribution in [0.25, 0.3) is 0 Å². The number of nitrogens with one attached hydrogen (secondary N) is 1. The highest BCUT2D eigenvalue weighted by molar-refractivity contribution is 5.84. The second-order valence-electron chi connectivity index (χ2n) is 5.78. The first-order chi connectivity index (χ1) is 10.6. The second-order valence-corrected chi connectivity index (χ2v) is 5.78. The largest absolute Gasteiger partial charge is 0.467 e. The van der Waals surface area contributed by atoms with Crippen molar-refractivity contribution in [1.29, 1.82) is 0 Å². The molecule has 2 amide bonds. The van der Waals surface area contributed by atoms with Crippen LogP contribution >= 0.6 is 0 Å². The van der Waals surface area contributed by atoms with Crippen LogP contribution in [0.2, 0.25) is 0 Å². The monoisotopic (exact) mass is 304 g/mol. The van der Waals surface area contributed by atoms with E-state index in [1.54, 1.807) is 4.90 Å². The Hall–Kier alpha value is -2.04. The first kappa shape index (κ1) is 16.3. The molecule has 0 aromatic heterocycles. The molecule has 120 valence electrons. The molecule has 2 atom stereocenters. The third-order valence-corrected chi connectivity index (χ3v) is 4.36. The fourth-order valence-corrected chi connectivity index (χ4v) is 2.69. The van der Waals surface area contributed by atoms with Crippen molar-refractivity contribution in [3.63, 3.8) is 0 Å². The molecule has 0 radical (unpaired) electrons. The van der Waals surface area contributed by atoms with Gasteiger partial charge in [-0.1, -0.05) is 44.5 Å². The van der Waals surface area contributed by atoms with Gasteiger partial charge >= 0.3 is 12.0 Å². The summed E-state index contributed by atoms with van der Waals surface area (Å²) in [6, 6.07) is 7.34. The number of urea groups is 1. The molecule has 0 bridgehead atoms. The van der Waals surface area contributed by atoms with Gasteiger partial charge in [0.1, 0.15) is 6.04 Å². The molecule has 1 aliphatic heterocycles. The lowest BCUT2D eigenvalue weighted by Crippen LogP contribution is -2.51. The molecule has 0 aliphatic carbocycles. The minimum absolute atomic E-state index is 0.0356. The molecule has 0 unspecified atom stereocenters. The van der Waals surface area contributed by atoms with Crippen molar-refractivity contribution in [2.24, 2.45) is 5.92 Å². The van der Waals surface area contributed by atoms with Gasteiger partial charge in [0.05, 0.1) is 7.11 Å². The lowest BCUT2D eigenvalue weighted by molar-refractivity contribution is -0.144. The Bertz CT molecular complexity index is 544. The molecule has 0 saturated heterocycles. The Morgan fingerprint density at radius 3 is 2.64 bits per heavy atom. The highest BCUT2D eigenvalue weighted by Crippen LogP contribution is 2.19. The van der Waals surface area contributed by atoms with Crippen molar-refractivity contribution >= 4 is 12.0 Å². The van der Waals surface area contributed by atoms with Gasteiger partial charge in [-0.15, -0.1) is 0 Å². The Labute approximate surface area is 131 Å². The van der Waals surface area contributed by atoms with E-state index in [0.29, 0.717) is 13.1 Å². The average molecular weight is 304 g/mol. The fraction of sp³-hybridized carbons (Fsp3) is 0.529. The zero-order valence-corrected chi connectivity index (χ0v) is 13.5. The number of methoxy groups -OCH3 is 1. The molecule has 2 rings (SSSR count). The molecule has 1 N–H and O–H groups in total. The lowest BCUT2D eigenvalue weighted by Gasteiger charge is -2.31. The topological polar surface area (TPSA) is 58.6 Å². The number of carbonyl (C=O) groups excluding carboxylic acids is 2. The summed E-state index contributed by atoms with van der Waals surface area (Å²) in [7, 11) is 1.35. The van der Waals surface area contributed by atoms with E-state index in [4.69, 9.17) is 4.74 Å². The zero-order chi connectivity index (χ0) is 16.1. The van der Waals surface area contributed by atoms with E-state index in [1.165, 1.54) is 18.2 Å².